The van der Waals surface area contributed by atoms with Crippen molar-refractivity contribution in [1.29, 1.82) is 0 Å². The van der Waals surface area contributed by atoms with Crippen molar-refractivity contribution in [2.24, 2.45) is 0 Å². The molecule has 0 bridgehead atoms. The summed E-state index contributed by atoms with van der Waals surface area (Å²) in [6.45, 7) is 4.54. The highest BCUT2D eigenvalue weighted by atomic mass is 32.2. The quantitative estimate of drug-likeness (QED) is 0.375. The molecule has 0 radical (unpaired) electrons. The predicted molar refractivity (Wildman–Crippen MR) is 116 cm³/mol. The standard InChI is InChI=1S/C20H21N5O4S2/c1-3-23(4-2)31(28,29)14-9-10-17-21-22-20(25(17)13-14)30-12-11-24-18(26)15-7-5-6-8-16(15)19(24)27/h5-10,13H,3-4,11-12H2,1-2H3. The van der Waals surface area contributed by atoms with Crippen molar-refractivity contribution in [3.63, 3.8) is 0 Å². The van der Waals surface area contributed by atoms with Gasteiger partial charge in [-0.3, -0.25) is 18.9 Å². The van der Waals surface area contributed by atoms with Crippen molar-refractivity contribution in [3.05, 3.63) is 53.7 Å². The Morgan fingerprint density at radius 1 is 0.968 bits per heavy atom. The molecule has 11 heteroatoms. The van der Waals surface area contributed by atoms with Crippen LogP contribution in [0, 0.1) is 0 Å². The summed E-state index contributed by atoms with van der Waals surface area (Å²) in [5.74, 6) is -0.209. The zero-order valence-corrected chi connectivity index (χ0v) is 18.7. The molecule has 0 saturated carbocycles. The molecule has 0 fully saturated rings. The molecule has 0 aliphatic carbocycles. The fraction of sp³-hybridized carbons (Fsp3) is 0.300. The Morgan fingerprint density at radius 3 is 2.23 bits per heavy atom. The number of rotatable bonds is 8. The van der Waals surface area contributed by atoms with Gasteiger partial charge in [-0.1, -0.05) is 37.7 Å². The highest BCUT2D eigenvalue weighted by Gasteiger charge is 2.34. The average molecular weight is 460 g/mol. The summed E-state index contributed by atoms with van der Waals surface area (Å²) in [5, 5.41) is 8.69. The molecule has 9 nitrogen and oxygen atoms in total. The first-order valence-corrected chi connectivity index (χ1v) is 12.2. The van der Waals surface area contributed by atoms with E-state index in [4.69, 9.17) is 0 Å². The molecular formula is C20H21N5O4S2. The number of benzene rings is 1. The minimum Gasteiger partial charge on any atom is -0.276 e. The highest BCUT2D eigenvalue weighted by molar-refractivity contribution is 7.99. The van der Waals surface area contributed by atoms with Crippen LogP contribution in [0.5, 0.6) is 0 Å². The van der Waals surface area contributed by atoms with Crippen molar-refractivity contribution in [1.82, 2.24) is 23.8 Å². The minimum atomic E-state index is -3.62. The third-order valence-electron chi connectivity index (χ3n) is 5.11. The summed E-state index contributed by atoms with van der Waals surface area (Å²) in [6.07, 6.45) is 1.51. The van der Waals surface area contributed by atoms with Gasteiger partial charge >= 0.3 is 0 Å². The lowest BCUT2D eigenvalue weighted by atomic mass is 10.1. The molecule has 0 spiro atoms. The molecule has 3 aromatic rings. The smallest absolute Gasteiger partial charge is 0.261 e. The lowest BCUT2D eigenvalue weighted by molar-refractivity contribution is 0.0664. The topological polar surface area (TPSA) is 105 Å². The Kier molecular flexibility index (Phi) is 5.82. The van der Waals surface area contributed by atoms with E-state index < -0.39 is 10.0 Å². The molecule has 1 aromatic carbocycles. The van der Waals surface area contributed by atoms with Crippen molar-refractivity contribution in [3.8, 4) is 0 Å². The van der Waals surface area contributed by atoms with E-state index in [9.17, 15) is 18.0 Å². The normalized spacial score (nSPS) is 14.1. The van der Waals surface area contributed by atoms with E-state index in [0.717, 1.165) is 0 Å². The molecule has 2 aromatic heterocycles. The summed E-state index contributed by atoms with van der Waals surface area (Å²) in [5.41, 5.74) is 1.34. The van der Waals surface area contributed by atoms with Crippen LogP contribution in [0.15, 0.2) is 52.6 Å². The maximum Gasteiger partial charge on any atom is 0.261 e. The number of imide groups is 1. The van der Waals surface area contributed by atoms with Crippen LogP contribution in [0.4, 0.5) is 0 Å². The van der Waals surface area contributed by atoms with Crippen LogP contribution in [-0.2, 0) is 10.0 Å². The number of carbonyl (C=O) groups excluding carboxylic acids is 2. The number of carbonyl (C=O) groups is 2. The van der Waals surface area contributed by atoms with E-state index in [1.54, 1.807) is 48.6 Å². The van der Waals surface area contributed by atoms with Crippen LogP contribution < -0.4 is 0 Å². The molecule has 31 heavy (non-hydrogen) atoms. The van der Waals surface area contributed by atoms with Crippen LogP contribution in [0.2, 0.25) is 0 Å². The lowest BCUT2D eigenvalue weighted by Crippen LogP contribution is -2.31. The Balaban J connectivity index is 1.51. The fourth-order valence-electron chi connectivity index (χ4n) is 3.48. The van der Waals surface area contributed by atoms with E-state index >= 15 is 0 Å². The second-order valence-electron chi connectivity index (χ2n) is 6.82. The lowest BCUT2D eigenvalue weighted by Gasteiger charge is -2.18. The van der Waals surface area contributed by atoms with Gasteiger partial charge in [-0.15, -0.1) is 10.2 Å². The molecule has 0 N–H and O–H groups in total. The Bertz CT molecular complexity index is 1230. The highest BCUT2D eigenvalue weighted by Crippen LogP contribution is 2.25. The van der Waals surface area contributed by atoms with Gasteiger partial charge in [-0.05, 0) is 24.3 Å². The minimum absolute atomic E-state index is 0.158. The number of fused-ring (bicyclic) bond motifs is 2. The Morgan fingerprint density at radius 2 is 1.61 bits per heavy atom. The summed E-state index contributed by atoms with van der Waals surface area (Å²) in [7, 11) is -3.62. The molecule has 1 aliphatic heterocycles. The molecular weight excluding hydrogens is 438 g/mol. The molecule has 0 unspecified atom stereocenters. The first kappa shape index (κ1) is 21.5. The monoisotopic (exact) mass is 459 g/mol. The first-order valence-electron chi connectivity index (χ1n) is 9.81. The number of amides is 2. The van der Waals surface area contributed by atoms with Crippen LogP contribution in [0.1, 0.15) is 34.6 Å². The molecule has 2 amide bonds. The number of thioether (sulfide) groups is 1. The summed E-state index contributed by atoms with van der Waals surface area (Å²) >= 11 is 1.30. The molecule has 1 aliphatic rings. The van der Waals surface area contributed by atoms with Gasteiger partial charge in [-0.2, -0.15) is 4.31 Å². The van der Waals surface area contributed by atoms with Gasteiger partial charge in [0.25, 0.3) is 11.8 Å². The molecule has 3 heterocycles. The summed E-state index contributed by atoms with van der Waals surface area (Å²) in [6, 6.07) is 9.88. The second kappa shape index (κ2) is 8.40. The van der Waals surface area contributed by atoms with Crippen molar-refractivity contribution in [2.75, 3.05) is 25.4 Å². The number of sulfonamides is 1. The predicted octanol–water partition coefficient (Wildman–Crippen LogP) is 2.15. The third kappa shape index (κ3) is 3.73. The van der Waals surface area contributed by atoms with Gasteiger partial charge in [-0.25, -0.2) is 8.42 Å². The van der Waals surface area contributed by atoms with E-state index in [1.807, 2.05) is 0 Å². The number of nitrogens with zero attached hydrogens (tertiary/aromatic N) is 5. The van der Waals surface area contributed by atoms with E-state index in [2.05, 4.69) is 10.2 Å². The number of pyridine rings is 1. The van der Waals surface area contributed by atoms with Gasteiger partial charge in [0.2, 0.25) is 10.0 Å². The third-order valence-corrected chi connectivity index (χ3v) is 8.07. The summed E-state index contributed by atoms with van der Waals surface area (Å²) in [4.78, 5) is 26.3. The van der Waals surface area contributed by atoms with Crippen LogP contribution in [0.3, 0.4) is 0 Å². The largest absolute Gasteiger partial charge is 0.276 e. The zero-order chi connectivity index (χ0) is 22.2. The van der Waals surface area contributed by atoms with Gasteiger partial charge in [0.15, 0.2) is 10.8 Å². The van der Waals surface area contributed by atoms with E-state index in [-0.39, 0.29) is 23.3 Å². The maximum atomic E-state index is 12.8. The first-order chi connectivity index (χ1) is 14.9. The van der Waals surface area contributed by atoms with Gasteiger partial charge in [0.1, 0.15) is 0 Å². The van der Waals surface area contributed by atoms with Crippen molar-refractivity contribution < 1.29 is 18.0 Å². The maximum absolute atomic E-state index is 12.8. The van der Waals surface area contributed by atoms with Crippen LogP contribution >= 0.6 is 11.8 Å². The van der Waals surface area contributed by atoms with E-state index in [1.165, 1.54) is 33.2 Å². The zero-order valence-electron chi connectivity index (χ0n) is 17.1. The SMILES string of the molecule is CCN(CC)S(=O)(=O)c1ccc2nnc(SCCN3C(=O)c4ccccc4C3=O)n2c1. The fourth-order valence-corrected chi connectivity index (χ4v) is 5.78. The van der Waals surface area contributed by atoms with Crippen molar-refractivity contribution >= 4 is 39.2 Å². The Hall–Kier alpha value is -2.76. The number of aromatic nitrogens is 3. The molecule has 162 valence electrons. The average Bonchev–Trinajstić information content (AvgIpc) is 3.28. The number of hydrogen-bond donors (Lipinski definition) is 0. The Labute approximate surface area is 184 Å². The second-order valence-corrected chi connectivity index (χ2v) is 9.82. The summed E-state index contributed by atoms with van der Waals surface area (Å²) < 4.78 is 28.6. The van der Waals surface area contributed by atoms with Crippen molar-refractivity contribution in [2.45, 2.75) is 23.9 Å². The van der Waals surface area contributed by atoms with E-state index in [0.29, 0.717) is 40.8 Å². The number of hydrogen-bond acceptors (Lipinski definition) is 7. The van der Waals surface area contributed by atoms with Gasteiger partial charge in [0, 0.05) is 31.6 Å². The molecule has 0 atom stereocenters. The van der Waals surface area contributed by atoms with Crippen LogP contribution in [0.25, 0.3) is 5.65 Å². The van der Waals surface area contributed by atoms with Gasteiger partial charge < -0.3 is 0 Å². The molecule has 4 rings (SSSR count). The van der Waals surface area contributed by atoms with Crippen LogP contribution in [-0.4, -0.2) is 69.4 Å². The molecule has 0 saturated heterocycles. The van der Waals surface area contributed by atoms with Gasteiger partial charge in [0.05, 0.1) is 16.0 Å².